The van der Waals surface area contributed by atoms with Gasteiger partial charge in [-0.2, -0.15) is 0 Å². The van der Waals surface area contributed by atoms with E-state index in [1.807, 2.05) is 0 Å². The first-order valence-electron chi connectivity index (χ1n) is 3.91. The van der Waals surface area contributed by atoms with Gasteiger partial charge in [0.05, 0.1) is 30.7 Å². The van der Waals surface area contributed by atoms with Gasteiger partial charge in [0.25, 0.3) is 0 Å². The molecule has 0 fully saturated rings. The Morgan fingerprint density at radius 2 is 2.17 bits per heavy atom. The second-order valence-corrected chi connectivity index (χ2v) is 2.77. The monoisotopic (exact) mass is 166 g/mol. The molecule has 4 nitrogen and oxygen atoms in total. The van der Waals surface area contributed by atoms with E-state index in [-0.39, 0.29) is 12.7 Å². The lowest BCUT2D eigenvalue weighted by molar-refractivity contribution is -0.0101. The molecule has 1 aliphatic heterocycles. The first kappa shape index (κ1) is 7.64. The van der Waals surface area contributed by atoms with E-state index in [0.717, 1.165) is 11.4 Å². The summed E-state index contributed by atoms with van der Waals surface area (Å²) in [5.74, 6) is 0. The Hall–Kier alpha value is -1.00. The van der Waals surface area contributed by atoms with Gasteiger partial charge in [-0.1, -0.05) is 0 Å². The van der Waals surface area contributed by atoms with E-state index in [9.17, 15) is 0 Å². The SMILES string of the molecule is OC[C@@H]1Cc2nccnc2CO1. The van der Waals surface area contributed by atoms with Crippen LogP contribution in [-0.4, -0.2) is 27.8 Å². The highest BCUT2D eigenvalue weighted by Gasteiger charge is 2.19. The number of ether oxygens (including phenoxy) is 1. The zero-order valence-corrected chi connectivity index (χ0v) is 6.60. The van der Waals surface area contributed by atoms with Crippen LogP contribution in [0.1, 0.15) is 11.4 Å². The van der Waals surface area contributed by atoms with Crippen molar-refractivity contribution in [1.82, 2.24) is 9.97 Å². The van der Waals surface area contributed by atoms with Crippen LogP contribution in [-0.2, 0) is 17.8 Å². The third-order valence-electron chi connectivity index (χ3n) is 1.94. The van der Waals surface area contributed by atoms with Crippen LogP contribution in [0.3, 0.4) is 0 Å². The predicted octanol–water partition coefficient (Wildman–Crippen LogP) is -0.0898. The molecule has 1 aromatic rings. The summed E-state index contributed by atoms with van der Waals surface area (Å²) in [5.41, 5.74) is 1.84. The van der Waals surface area contributed by atoms with Crippen LogP contribution in [0.4, 0.5) is 0 Å². The van der Waals surface area contributed by atoms with E-state index < -0.39 is 0 Å². The van der Waals surface area contributed by atoms with Gasteiger partial charge in [-0.3, -0.25) is 9.97 Å². The van der Waals surface area contributed by atoms with Crippen molar-refractivity contribution >= 4 is 0 Å². The Labute approximate surface area is 70.2 Å². The molecule has 0 aliphatic carbocycles. The highest BCUT2D eigenvalue weighted by atomic mass is 16.5. The standard InChI is InChI=1S/C8H10N2O2/c11-4-6-3-7-8(5-12-6)10-2-1-9-7/h1-2,6,11H,3-5H2/t6-/m0/s1. The number of aromatic nitrogens is 2. The summed E-state index contributed by atoms with van der Waals surface area (Å²) in [7, 11) is 0. The van der Waals surface area contributed by atoms with E-state index in [2.05, 4.69) is 9.97 Å². The quantitative estimate of drug-likeness (QED) is 0.633. The molecule has 0 bridgehead atoms. The fraction of sp³-hybridized carbons (Fsp3) is 0.500. The molecule has 64 valence electrons. The van der Waals surface area contributed by atoms with E-state index in [1.165, 1.54) is 0 Å². The third-order valence-corrected chi connectivity index (χ3v) is 1.94. The van der Waals surface area contributed by atoms with Gasteiger partial charge in [-0.05, 0) is 0 Å². The summed E-state index contributed by atoms with van der Waals surface area (Å²) in [6, 6.07) is 0. The van der Waals surface area contributed by atoms with Crippen LogP contribution in [0.25, 0.3) is 0 Å². The van der Waals surface area contributed by atoms with Crippen LogP contribution in [0.2, 0.25) is 0 Å². The van der Waals surface area contributed by atoms with Crippen molar-refractivity contribution in [1.29, 1.82) is 0 Å². The number of aliphatic hydroxyl groups is 1. The summed E-state index contributed by atoms with van der Waals surface area (Å²) in [5, 5.41) is 8.84. The molecule has 0 saturated heterocycles. The predicted molar refractivity (Wildman–Crippen MR) is 41.4 cm³/mol. The number of aliphatic hydroxyl groups excluding tert-OH is 1. The summed E-state index contributed by atoms with van der Waals surface area (Å²) in [6.45, 7) is 0.518. The Morgan fingerprint density at radius 1 is 1.42 bits per heavy atom. The zero-order valence-electron chi connectivity index (χ0n) is 6.60. The van der Waals surface area contributed by atoms with Crippen molar-refractivity contribution in [3.05, 3.63) is 23.8 Å². The topological polar surface area (TPSA) is 55.2 Å². The second kappa shape index (κ2) is 3.16. The largest absolute Gasteiger partial charge is 0.394 e. The lowest BCUT2D eigenvalue weighted by Crippen LogP contribution is -2.27. The van der Waals surface area contributed by atoms with Gasteiger partial charge in [-0.15, -0.1) is 0 Å². The summed E-state index contributed by atoms with van der Waals surface area (Å²) in [6.07, 6.45) is 3.88. The fourth-order valence-electron chi connectivity index (χ4n) is 1.28. The summed E-state index contributed by atoms with van der Waals surface area (Å²) in [4.78, 5) is 8.28. The molecule has 1 N–H and O–H groups in total. The highest BCUT2D eigenvalue weighted by Crippen LogP contribution is 2.15. The molecule has 0 radical (unpaired) electrons. The third kappa shape index (κ3) is 1.31. The van der Waals surface area contributed by atoms with E-state index in [4.69, 9.17) is 9.84 Å². The second-order valence-electron chi connectivity index (χ2n) is 2.77. The molecule has 0 spiro atoms. The Bertz CT molecular complexity index is 278. The lowest BCUT2D eigenvalue weighted by Gasteiger charge is -2.21. The maximum atomic E-state index is 8.84. The molecule has 2 heterocycles. The van der Waals surface area contributed by atoms with Gasteiger partial charge in [0.1, 0.15) is 0 Å². The lowest BCUT2D eigenvalue weighted by atomic mass is 10.1. The number of hydrogen-bond acceptors (Lipinski definition) is 4. The molecular formula is C8H10N2O2. The molecule has 4 heteroatoms. The molecule has 1 atom stereocenters. The van der Waals surface area contributed by atoms with Crippen LogP contribution < -0.4 is 0 Å². The van der Waals surface area contributed by atoms with E-state index in [0.29, 0.717) is 13.0 Å². The van der Waals surface area contributed by atoms with Gasteiger partial charge in [0.15, 0.2) is 0 Å². The van der Waals surface area contributed by atoms with Crippen molar-refractivity contribution in [2.24, 2.45) is 0 Å². The van der Waals surface area contributed by atoms with Crippen LogP contribution in [0.5, 0.6) is 0 Å². The smallest absolute Gasteiger partial charge is 0.0911 e. The molecule has 0 unspecified atom stereocenters. The van der Waals surface area contributed by atoms with Crippen molar-refractivity contribution in [3.63, 3.8) is 0 Å². The average Bonchev–Trinajstić information content (AvgIpc) is 2.17. The average molecular weight is 166 g/mol. The molecule has 2 rings (SSSR count). The Morgan fingerprint density at radius 3 is 2.92 bits per heavy atom. The van der Waals surface area contributed by atoms with Crippen molar-refractivity contribution in [3.8, 4) is 0 Å². The van der Waals surface area contributed by atoms with E-state index in [1.54, 1.807) is 12.4 Å². The normalized spacial score (nSPS) is 21.9. The minimum atomic E-state index is -0.103. The molecule has 12 heavy (non-hydrogen) atoms. The molecule has 0 aromatic carbocycles. The Balaban J connectivity index is 2.23. The minimum Gasteiger partial charge on any atom is -0.394 e. The van der Waals surface area contributed by atoms with E-state index >= 15 is 0 Å². The van der Waals surface area contributed by atoms with Gasteiger partial charge in [-0.25, -0.2) is 0 Å². The molecule has 0 amide bonds. The van der Waals surface area contributed by atoms with Gasteiger partial charge in [0, 0.05) is 18.8 Å². The number of nitrogens with zero attached hydrogens (tertiary/aromatic N) is 2. The summed E-state index contributed by atoms with van der Waals surface area (Å²) >= 11 is 0. The number of rotatable bonds is 1. The number of fused-ring (bicyclic) bond motifs is 1. The number of hydrogen-bond donors (Lipinski definition) is 1. The van der Waals surface area contributed by atoms with Crippen LogP contribution >= 0.6 is 0 Å². The highest BCUT2D eigenvalue weighted by molar-refractivity contribution is 5.12. The van der Waals surface area contributed by atoms with Crippen molar-refractivity contribution in [2.45, 2.75) is 19.1 Å². The van der Waals surface area contributed by atoms with Crippen molar-refractivity contribution in [2.75, 3.05) is 6.61 Å². The minimum absolute atomic E-state index is 0.0516. The molecule has 0 saturated carbocycles. The molecule has 1 aliphatic rings. The Kier molecular flexibility index (Phi) is 2.01. The molecular weight excluding hydrogens is 156 g/mol. The molecule has 1 aromatic heterocycles. The maximum absolute atomic E-state index is 8.84. The van der Waals surface area contributed by atoms with Gasteiger partial charge in [0.2, 0.25) is 0 Å². The van der Waals surface area contributed by atoms with Crippen LogP contribution in [0, 0.1) is 0 Å². The fourth-order valence-corrected chi connectivity index (χ4v) is 1.28. The maximum Gasteiger partial charge on any atom is 0.0911 e. The first-order chi connectivity index (χ1) is 5.90. The van der Waals surface area contributed by atoms with Crippen molar-refractivity contribution < 1.29 is 9.84 Å². The zero-order chi connectivity index (χ0) is 8.39. The first-order valence-corrected chi connectivity index (χ1v) is 3.91. The summed E-state index contributed by atoms with van der Waals surface area (Å²) < 4.78 is 5.30. The van der Waals surface area contributed by atoms with Crippen LogP contribution in [0.15, 0.2) is 12.4 Å². The van der Waals surface area contributed by atoms with Gasteiger partial charge < -0.3 is 9.84 Å². The van der Waals surface area contributed by atoms with Gasteiger partial charge >= 0.3 is 0 Å².